The minimum absolute atomic E-state index is 0.0785. The number of nitrogens with zero attached hydrogens (tertiary/aromatic N) is 1. The Morgan fingerprint density at radius 3 is 2.29 bits per heavy atom. The Morgan fingerprint density at radius 1 is 1.18 bits per heavy atom. The third-order valence-corrected chi connectivity index (χ3v) is 9.09. The summed E-state index contributed by atoms with van der Waals surface area (Å²) in [5.41, 5.74) is -0.543. The standard InChI is InChI=1S/C25H31Cl2NO9S/c1-14(2)16-11-25(27,35-6)19(22(31)32)24(26,20(16)36-12-18(29)37-23(3,4)5)13-28-21(30)15-9-7-8-10-17(15)38(28,33)34/h7-11,14,19-20H,12-13H2,1-6H3,(H,31,32). The first-order chi connectivity index (χ1) is 17.4. The van der Waals surface area contributed by atoms with E-state index >= 15 is 0 Å². The zero-order valence-corrected chi connectivity index (χ0v) is 24.2. The summed E-state index contributed by atoms with van der Waals surface area (Å²) in [4.78, 5) is 35.9. The van der Waals surface area contributed by atoms with Crippen molar-refractivity contribution in [1.82, 2.24) is 4.31 Å². The molecule has 1 aliphatic heterocycles. The maximum atomic E-state index is 13.4. The average Bonchev–Trinajstić information content (AvgIpc) is 2.97. The van der Waals surface area contributed by atoms with Gasteiger partial charge in [-0.15, -0.1) is 11.6 Å². The maximum absolute atomic E-state index is 13.4. The molecule has 210 valence electrons. The highest BCUT2D eigenvalue weighted by molar-refractivity contribution is 7.90. The van der Waals surface area contributed by atoms with Gasteiger partial charge in [-0.2, -0.15) is 0 Å². The number of carbonyl (C=O) groups is 3. The Kier molecular flexibility index (Phi) is 8.33. The molecule has 2 aliphatic rings. The van der Waals surface area contributed by atoms with Crippen molar-refractivity contribution in [3.05, 3.63) is 41.5 Å². The van der Waals surface area contributed by atoms with Crippen LogP contribution in [0.15, 0.2) is 40.8 Å². The minimum atomic E-state index is -4.39. The van der Waals surface area contributed by atoms with Crippen LogP contribution in [0.5, 0.6) is 0 Å². The van der Waals surface area contributed by atoms with Crippen LogP contribution in [0.4, 0.5) is 0 Å². The van der Waals surface area contributed by atoms with Crippen molar-refractivity contribution in [3.63, 3.8) is 0 Å². The fourth-order valence-corrected chi connectivity index (χ4v) is 7.43. The third-order valence-electron chi connectivity index (χ3n) is 6.29. The molecule has 13 heteroatoms. The number of carboxylic acid groups (broad SMARTS) is 1. The molecule has 10 nitrogen and oxygen atoms in total. The molecule has 4 unspecified atom stereocenters. The molecule has 0 bridgehead atoms. The van der Waals surface area contributed by atoms with Crippen molar-refractivity contribution >= 4 is 51.1 Å². The number of hydrogen-bond donors (Lipinski definition) is 1. The Morgan fingerprint density at radius 2 is 1.79 bits per heavy atom. The summed E-state index contributed by atoms with van der Waals surface area (Å²) in [5.74, 6) is -5.33. The summed E-state index contributed by atoms with van der Waals surface area (Å²) < 4.78 is 43.9. The van der Waals surface area contributed by atoms with Crippen LogP contribution in [0.1, 0.15) is 45.0 Å². The molecule has 0 saturated carbocycles. The number of esters is 1. The molecule has 1 aromatic carbocycles. The number of benzene rings is 1. The largest absolute Gasteiger partial charge is 0.481 e. The number of carbonyl (C=O) groups excluding carboxylic acids is 2. The number of sulfonamides is 1. The quantitative estimate of drug-likeness (QED) is 0.274. The number of amides is 1. The first kappa shape index (κ1) is 30.4. The van der Waals surface area contributed by atoms with Crippen molar-refractivity contribution in [2.75, 3.05) is 20.3 Å². The normalized spacial score (nSPS) is 28.7. The van der Waals surface area contributed by atoms with Crippen LogP contribution in [0.25, 0.3) is 0 Å². The lowest BCUT2D eigenvalue weighted by molar-refractivity contribution is -0.165. The number of aliphatic carboxylic acids is 1. The van der Waals surface area contributed by atoms with Crippen LogP contribution in [-0.4, -0.2) is 77.6 Å². The summed E-state index contributed by atoms with van der Waals surface area (Å²) in [6.45, 7) is 7.05. The van der Waals surface area contributed by atoms with E-state index in [1.807, 2.05) is 0 Å². The number of halogens is 2. The van der Waals surface area contributed by atoms with Crippen molar-refractivity contribution < 1.29 is 42.1 Å². The highest BCUT2D eigenvalue weighted by atomic mass is 35.5. The van der Waals surface area contributed by atoms with E-state index in [1.165, 1.54) is 37.5 Å². The van der Waals surface area contributed by atoms with E-state index in [0.29, 0.717) is 9.88 Å². The number of hydrogen-bond acceptors (Lipinski definition) is 8. The van der Waals surface area contributed by atoms with Gasteiger partial charge in [-0.05, 0) is 50.5 Å². The van der Waals surface area contributed by atoms with Crippen LogP contribution in [0.2, 0.25) is 0 Å². The molecule has 1 aliphatic carbocycles. The van der Waals surface area contributed by atoms with Gasteiger partial charge in [-0.1, -0.05) is 37.6 Å². The van der Waals surface area contributed by atoms with Crippen LogP contribution < -0.4 is 0 Å². The fraction of sp³-hybridized carbons (Fsp3) is 0.560. The van der Waals surface area contributed by atoms with Gasteiger partial charge in [0.2, 0.25) is 0 Å². The van der Waals surface area contributed by atoms with E-state index in [-0.39, 0.29) is 16.4 Å². The summed E-state index contributed by atoms with van der Waals surface area (Å²) in [6.07, 6.45) is -0.0143. The second kappa shape index (κ2) is 10.4. The van der Waals surface area contributed by atoms with Gasteiger partial charge in [0.15, 0.2) is 5.06 Å². The maximum Gasteiger partial charge on any atom is 0.332 e. The molecule has 0 fully saturated rings. The Balaban J connectivity index is 2.16. The van der Waals surface area contributed by atoms with Gasteiger partial charge in [0, 0.05) is 7.11 Å². The fourth-order valence-electron chi connectivity index (χ4n) is 4.70. The molecule has 1 N–H and O–H groups in total. The van der Waals surface area contributed by atoms with Crippen LogP contribution in [0.3, 0.4) is 0 Å². The third kappa shape index (κ3) is 5.44. The number of alkyl halides is 2. The second-order valence-electron chi connectivity index (χ2n) is 10.5. The molecule has 1 aromatic rings. The molecular weight excluding hydrogens is 561 g/mol. The number of fused-ring (bicyclic) bond motifs is 1. The predicted octanol–water partition coefficient (Wildman–Crippen LogP) is 3.41. The monoisotopic (exact) mass is 591 g/mol. The van der Waals surface area contributed by atoms with E-state index in [0.717, 1.165) is 0 Å². The van der Waals surface area contributed by atoms with Gasteiger partial charge < -0.3 is 19.3 Å². The van der Waals surface area contributed by atoms with E-state index in [2.05, 4.69) is 0 Å². The van der Waals surface area contributed by atoms with E-state index in [4.69, 9.17) is 37.4 Å². The van der Waals surface area contributed by atoms with Crippen molar-refractivity contribution in [1.29, 1.82) is 0 Å². The van der Waals surface area contributed by atoms with Crippen LogP contribution in [-0.2, 0) is 33.8 Å². The topological polar surface area (TPSA) is 137 Å². The first-order valence-corrected chi connectivity index (χ1v) is 14.0. The van der Waals surface area contributed by atoms with Crippen molar-refractivity contribution in [3.8, 4) is 0 Å². The number of rotatable bonds is 8. The Labute approximate surface area is 231 Å². The molecule has 4 atom stereocenters. The predicted molar refractivity (Wildman–Crippen MR) is 138 cm³/mol. The summed E-state index contributed by atoms with van der Waals surface area (Å²) in [5, 5.41) is 8.25. The Bertz CT molecular complexity index is 1270. The minimum Gasteiger partial charge on any atom is -0.481 e. The lowest BCUT2D eigenvalue weighted by Gasteiger charge is -2.50. The lowest BCUT2D eigenvalue weighted by atomic mass is 9.71. The zero-order valence-electron chi connectivity index (χ0n) is 21.9. The van der Waals surface area contributed by atoms with Gasteiger partial charge in [0.1, 0.15) is 34.0 Å². The molecule has 1 heterocycles. The Hall–Kier alpha value is -2.18. The highest BCUT2D eigenvalue weighted by Gasteiger charge is 2.64. The molecule has 0 aromatic heterocycles. The van der Waals surface area contributed by atoms with Crippen molar-refractivity contribution in [2.45, 2.75) is 61.2 Å². The van der Waals surface area contributed by atoms with E-state index < -0.39 is 68.6 Å². The molecular formula is C25H31Cl2NO9S. The van der Waals surface area contributed by atoms with Gasteiger partial charge in [-0.25, -0.2) is 17.5 Å². The van der Waals surface area contributed by atoms with Crippen LogP contribution in [0, 0.1) is 11.8 Å². The zero-order chi connectivity index (χ0) is 28.8. The summed E-state index contributed by atoms with van der Waals surface area (Å²) in [7, 11) is -3.20. The molecule has 38 heavy (non-hydrogen) atoms. The number of ether oxygens (including phenoxy) is 3. The second-order valence-corrected chi connectivity index (χ2v) is 13.6. The summed E-state index contributed by atoms with van der Waals surface area (Å²) >= 11 is 13.8. The summed E-state index contributed by atoms with van der Waals surface area (Å²) in [6, 6.07) is 5.60. The smallest absolute Gasteiger partial charge is 0.332 e. The molecule has 0 spiro atoms. The first-order valence-electron chi connectivity index (χ1n) is 11.8. The van der Waals surface area contributed by atoms with Crippen molar-refractivity contribution in [2.24, 2.45) is 11.8 Å². The molecule has 0 radical (unpaired) electrons. The van der Waals surface area contributed by atoms with Gasteiger partial charge >= 0.3 is 11.9 Å². The van der Waals surface area contributed by atoms with E-state index in [1.54, 1.807) is 34.6 Å². The van der Waals surface area contributed by atoms with Crippen LogP contribution >= 0.6 is 23.2 Å². The SMILES string of the molecule is COC1(Cl)C=C(C(C)C)C(OCC(=O)OC(C)(C)C)C(Cl)(CN2C(=O)c3ccccc3S2(=O)=O)C1C(=O)O. The van der Waals surface area contributed by atoms with Gasteiger partial charge in [0.05, 0.1) is 12.1 Å². The molecule has 0 saturated heterocycles. The van der Waals surface area contributed by atoms with Gasteiger partial charge in [0.25, 0.3) is 15.9 Å². The highest BCUT2D eigenvalue weighted by Crippen LogP contribution is 2.52. The molecule has 3 rings (SSSR count). The number of carboxylic acids is 1. The number of methoxy groups -OCH3 is 1. The lowest BCUT2D eigenvalue weighted by Crippen LogP contribution is -2.65. The average molecular weight is 592 g/mol. The molecule has 1 amide bonds. The van der Waals surface area contributed by atoms with E-state index in [9.17, 15) is 27.9 Å². The van der Waals surface area contributed by atoms with Gasteiger partial charge in [-0.3, -0.25) is 9.59 Å².